The lowest BCUT2D eigenvalue weighted by atomic mass is 10.1. The minimum absolute atomic E-state index is 0.0641. The Morgan fingerprint density at radius 2 is 1.72 bits per heavy atom. The zero-order chi connectivity index (χ0) is 18.2. The van der Waals surface area contributed by atoms with Crippen molar-refractivity contribution in [3.63, 3.8) is 0 Å². The van der Waals surface area contributed by atoms with Crippen molar-refractivity contribution in [2.75, 3.05) is 5.32 Å². The van der Waals surface area contributed by atoms with Crippen LogP contribution in [0.25, 0.3) is 0 Å². The number of rotatable bonds is 6. The second-order valence-corrected chi connectivity index (χ2v) is 6.15. The van der Waals surface area contributed by atoms with Crippen LogP contribution in [0.15, 0.2) is 47.6 Å². The molecule has 0 unspecified atom stereocenters. The molecule has 2 aromatic rings. The molecule has 0 aliphatic rings. The van der Waals surface area contributed by atoms with E-state index in [1.807, 2.05) is 32.0 Å². The summed E-state index contributed by atoms with van der Waals surface area (Å²) >= 11 is 5.79. The van der Waals surface area contributed by atoms with Gasteiger partial charge in [-0.2, -0.15) is 5.10 Å². The summed E-state index contributed by atoms with van der Waals surface area (Å²) < 4.78 is 0. The van der Waals surface area contributed by atoms with Crippen molar-refractivity contribution in [2.45, 2.75) is 26.7 Å². The minimum Gasteiger partial charge on any atom is -0.326 e. The fraction of sp³-hybridized carbons (Fsp3) is 0.211. The maximum absolute atomic E-state index is 12.0. The molecule has 0 saturated heterocycles. The first-order chi connectivity index (χ1) is 11.9. The van der Waals surface area contributed by atoms with E-state index in [-0.39, 0.29) is 24.7 Å². The summed E-state index contributed by atoms with van der Waals surface area (Å²) in [5, 5.41) is 7.32. The first-order valence-corrected chi connectivity index (χ1v) is 8.26. The molecule has 0 aromatic heterocycles. The third kappa shape index (κ3) is 6.39. The molecule has 0 saturated carbocycles. The zero-order valence-electron chi connectivity index (χ0n) is 14.2. The topological polar surface area (TPSA) is 70.6 Å². The molecule has 0 bridgehead atoms. The van der Waals surface area contributed by atoms with Crippen LogP contribution >= 0.6 is 11.6 Å². The van der Waals surface area contributed by atoms with Crippen LogP contribution in [0.5, 0.6) is 0 Å². The largest absolute Gasteiger partial charge is 0.326 e. The van der Waals surface area contributed by atoms with Crippen LogP contribution in [0.1, 0.15) is 29.5 Å². The van der Waals surface area contributed by atoms with Crippen molar-refractivity contribution >= 4 is 35.3 Å². The quantitative estimate of drug-likeness (QED) is 0.609. The first-order valence-electron chi connectivity index (χ1n) is 7.88. The maximum Gasteiger partial charge on any atom is 0.240 e. The van der Waals surface area contributed by atoms with Gasteiger partial charge in [-0.3, -0.25) is 9.59 Å². The SMILES string of the molecule is Cc1ccc(C)c(NC(=O)CCC(=O)NN=Cc2ccc(Cl)cc2)c1. The van der Waals surface area contributed by atoms with Gasteiger partial charge in [-0.05, 0) is 48.7 Å². The second kappa shape index (κ2) is 8.99. The fourth-order valence-corrected chi connectivity index (χ4v) is 2.22. The van der Waals surface area contributed by atoms with E-state index in [4.69, 9.17) is 11.6 Å². The summed E-state index contributed by atoms with van der Waals surface area (Å²) in [7, 11) is 0. The van der Waals surface area contributed by atoms with Gasteiger partial charge in [0.25, 0.3) is 0 Å². The smallest absolute Gasteiger partial charge is 0.240 e. The summed E-state index contributed by atoms with van der Waals surface area (Å²) in [5.41, 5.74) is 6.04. The van der Waals surface area contributed by atoms with Crippen LogP contribution in [-0.4, -0.2) is 18.0 Å². The minimum atomic E-state index is -0.318. The normalized spacial score (nSPS) is 10.7. The van der Waals surface area contributed by atoms with Crippen LogP contribution in [0, 0.1) is 13.8 Å². The van der Waals surface area contributed by atoms with Gasteiger partial charge < -0.3 is 5.32 Å². The Bertz CT molecular complexity index is 786. The monoisotopic (exact) mass is 357 g/mol. The Hall–Kier alpha value is -2.66. The standard InChI is InChI=1S/C19H20ClN3O2/c1-13-3-4-14(2)17(11-13)22-18(24)9-10-19(25)23-21-12-15-5-7-16(20)8-6-15/h3-8,11-12H,9-10H2,1-2H3,(H,22,24)(H,23,25). The van der Waals surface area contributed by atoms with Crippen LogP contribution < -0.4 is 10.7 Å². The molecule has 5 nitrogen and oxygen atoms in total. The Kier molecular flexibility index (Phi) is 6.71. The highest BCUT2D eigenvalue weighted by Gasteiger charge is 2.08. The molecule has 0 aliphatic heterocycles. The molecule has 0 radical (unpaired) electrons. The summed E-state index contributed by atoms with van der Waals surface area (Å²) in [5.74, 6) is -0.521. The van der Waals surface area contributed by atoms with E-state index in [1.165, 1.54) is 6.21 Å². The van der Waals surface area contributed by atoms with Crippen molar-refractivity contribution in [3.8, 4) is 0 Å². The highest BCUT2D eigenvalue weighted by atomic mass is 35.5. The van der Waals surface area contributed by atoms with E-state index >= 15 is 0 Å². The highest BCUT2D eigenvalue weighted by Crippen LogP contribution is 2.16. The van der Waals surface area contributed by atoms with Crippen molar-refractivity contribution in [3.05, 3.63) is 64.2 Å². The van der Waals surface area contributed by atoms with Crippen LogP contribution in [0.3, 0.4) is 0 Å². The summed E-state index contributed by atoms with van der Waals surface area (Å²) in [6.07, 6.45) is 1.68. The molecule has 2 amide bonds. The van der Waals surface area contributed by atoms with Crippen LogP contribution in [0.2, 0.25) is 5.02 Å². The molecule has 0 aliphatic carbocycles. The molecule has 2 N–H and O–H groups in total. The average molecular weight is 358 g/mol. The van der Waals surface area contributed by atoms with Crippen molar-refractivity contribution in [2.24, 2.45) is 5.10 Å². The van der Waals surface area contributed by atoms with Gasteiger partial charge in [-0.15, -0.1) is 0 Å². The number of hydrogen-bond donors (Lipinski definition) is 2. The van der Waals surface area contributed by atoms with Gasteiger partial charge in [-0.25, -0.2) is 5.43 Å². The summed E-state index contributed by atoms with van der Waals surface area (Å²) in [4.78, 5) is 23.7. The van der Waals surface area contributed by atoms with Gasteiger partial charge in [0, 0.05) is 23.6 Å². The number of aryl methyl sites for hydroxylation is 2. The average Bonchev–Trinajstić information content (AvgIpc) is 2.58. The number of nitrogens with zero attached hydrogens (tertiary/aromatic N) is 1. The van der Waals surface area contributed by atoms with Gasteiger partial charge in [0.1, 0.15) is 0 Å². The molecular formula is C19H20ClN3O2. The van der Waals surface area contributed by atoms with Gasteiger partial charge >= 0.3 is 0 Å². The Morgan fingerprint density at radius 3 is 2.44 bits per heavy atom. The summed E-state index contributed by atoms with van der Waals surface area (Å²) in [6, 6.07) is 12.9. The number of carbonyl (C=O) groups is 2. The Morgan fingerprint density at radius 1 is 1.04 bits per heavy atom. The van der Waals surface area contributed by atoms with Gasteiger partial charge in [0.15, 0.2) is 0 Å². The first kappa shape index (κ1) is 18.7. The molecule has 0 spiro atoms. The zero-order valence-corrected chi connectivity index (χ0v) is 14.9. The van der Waals surface area contributed by atoms with E-state index in [9.17, 15) is 9.59 Å². The van der Waals surface area contributed by atoms with Gasteiger partial charge in [0.05, 0.1) is 6.21 Å². The number of anilines is 1. The molecule has 6 heteroatoms. The van der Waals surface area contributed by atoms with Gasteiger partial charge in [0.2, 0.25) is 11.8 Å². The van der Waals surface area contributed by atoms with Crippen molar-refractivity contribution in [1.29, 1.82) is 0 Å². The molecule has 25 heavy (non-hydrogen) atoms. The van der Waals surface area contributed by atoms with Crippen molar-refractivity contribution < 1.29 is 9.59 Å². The predicted octanol–water partition coefficient (Wildman–Crippen LogP) is 3.83. The third-order valence-corrected chi connectivity index (χ3v) is 3.77. The number of amides is 2. The van der Waals surface area contributed by atoms with E-state index in [1.54, 1.807) is 24.3 Å². The highest BCUT2D eigenvalue weighted by molar-refractivity contribution is 6.30. The lowest BCUT2D eigenvalue weighted by Gasteiger charge is -2.09. The Balaban J connectivity index is 1.76. The van der Waals surface area contributed by atoms with E-state index in [0.29, 0.717) is 5.02 Å². The van der Waals surface area contributed by atoms with E-state index in [0.717, 1.165) is 22.4 Å². The van der Waals surface area contributed by atoms with Crippen LogP contribution in [0.4, 0.5) is 5.69 Å². The Labute approximate surface area is 152 Å². The van der Waals surface area contributed by atoms with Gasteiger partial charge in [-0.1, -0.05) is 35.9 Å². The molecule has 130 valence electrons. The predicted molar refractivity (Wildman–Crippen MR) is 101 cm³/mol. The number of benzene rings is 2. The van der Waals surface area contributed by atoms with Crippen LogP contribution in [-0.2, 0) is 9.59 Å². The van der Waals surface area contributed by atoms with E-state index < -0.39 is 0 Å². The second-order valence-electron chi connectivity index (χ2n) is 5.71. The maximum atomic E-state index is 12.0. The molecular weight excluding hydrogens is 338 g/mol. The summed E-state index contributed by atoms with van der Waals surface area (Å²) in [6.45, 7) is 3.88. The fourth-order valence-electron chi connectivity index (χ4n) is 2.09. The number of hydrogen-bond acceptors (Lipinski definition) is 3. The lowest BCUT2D eigenvalue weighted by Crippen LogP contribution is -2.20. The van der Waals surface area contributed by atoms with E-state index in [2.05, 4.69) is 15.8 Å². The molecule has 2 aromatic carbocycles. The molecule has 0 fully saturated rings. The lowest BCUT2D eigenvalue weighted by molar-refractivity contribution is -0.124. The number of nitrogens with one attached hydrogen (secondary N) is 2. The number of carbonyl (C=O) groups excluding carboxylic acids is 2. The molecule has 2 rings (SSSR count). The third-order valence-electron chi connectivity index (χ3n) is 3.52. The number of hydrazone groups is 1. The van der Waals surface area contributed by atoms with Crippen molar-refractivity contribution in [1.82, 2.24) is 5.43 Å². The molecule has 0 atom stereocenters. The molecule has 0 heterocycles. The number of halogens is 1.